The highest BCUT2D eigenvalue weighted by molar-refractivity contribution is 7.13. The molecule has 0 radical (unpaired) electrons. The van der Waals surface area contributed by atoms with Gasteiger partial charge in [0.2, 0.25) is 5.91 Å². The van der Waals surface area contributed by atoms with Gasteiger partial charge in [-0.15, -0.1) is 11.3 Å². The summed E-state index contributed by atoms with van der Waals surface area (Å²) in [6, 6.07) is 2.40. The predicted octanol–water partition coefficient (Wildman–Crippen LogP) is 3.38. The Bertz CT molecular complexity index is 754. The molecule has 6 nitrogen and oxygen atoms in total. The maximum Gasteiger partial charge on any atom is 0.262 e. The normalized spacial score (nSPS) is 24.4. The van der Waals surface area contributed by atoms with Crippen molar-refractivity contribution in [1.29, 1.82) is 0 Å². The number of aryl methyl sites for hydroxylation is 1. The number of rotatable bonds is 8. The second-order valence-electron chi connectivity index (χ2n) is 8.75. The van der Waals surface area contributed by atoms with Crippen LogP contribution in [0.4, 0.5) is 0 Å². The second-order valence-corrected chi connectivity index (χ2v) is 10.0. The number of hydrogen-bond acceptors (Lipinski definition) is 5. The van der Waals surface area contributed by atoms with Gasteiger partial charge in [0.05, 0.1) is 11.0 Å². The molecule has 0 aromatic carbocycles. The van der Waals surface area contributed by atoms with Crippen molar-refractivity contribution in [2.45, 2.75) is 83.9 Å². The smallest absolute Gasteiger partial charge is 0.262 e. The third-order valence-corrected chi connectivity index (χ3v) is 7.12. The van der Waals surface area contributed by atoms with Crippen LogP contribution in [0.15, 0.2) is 12.1 Å². The van der Waals surface area contributed by atoms with Crippen molar-refractivity contribution in [1.82, 2.24) is 10.6 Å². The Kier molecular flexibility index (Phi) is 7.11. The van der Waals surface area contributed by atoms with Gasteiger partial charge >= 0.3 is 0 Å². The molecule has 1 aliphatic carbocycles. The topological polar surface area (TPSA) is 84.5 Å². The molecule has 1 saturated carbocycles. The van der Waals surface area contributed by atoms with E-state index in [4.69, 9.17) is 4.74 Å². The summed E-state index contributed by atoms with van der Waals surface area (Å²) in [7, 11) is 0. The summed E-state index contributed by atoms with van der Waals surface area (Å²) in [5, 5.41) is 5.83. The van der Waals surface area contributed by atoms with Crippen LogP contribution in [0.3, 0.4) is 0 Å². The summed E-state index contributed by atoms with van der Waals surface area (Å²) in [6.07, 6.45) is 6.29. The van der Waals surface area contributed by atoms with Crippen LogP contribution in [0.1, 0.15) is 73.3 Å². The van der Waals surface area contributed by atoms with Crippen LogP contribution >= 0.6 is 11.3 Å². The number of carbonyl (C=O) groups excluding carboxylic acids is 3. The van der Waals surface area contributed by atoms with Crippen LogP contribution in [-0.2, 0) is 14.3 Å². The summed E-state index contributed by atoms with van der Waals surface area (Å²) in [5.41, 5.74) is 0.0274. The average molecular weight is 421 g/mol. The van der Waals surface area contributed by atoms with Crippen LogP contribution < -0.4 is 10.6 Å². The minimum atomic E-state index is -0.663. The van der Waals surface area contributed by atoms with E-state index < -0.39 is 12.1 Å². The first-order valence-corrected chi connectivity index (χ1v) is 11.4. The molecule has 2 heterocycles. The van der Waals surface area contributed by atoms with Crippen molar-refractivity contribution in [2.75, 3.05) is 6.61 Å². The fourth-order valence-electron chi connectivity index (χ4n) is 4.47. The van der Waals surface area contributed by atoms with Gasteiger partial charge in [0.25, 0.3) is 5.91 Å². The van der Waals surface area contributed by atoms with Gasteiger partial charge in [-0.25, -0.2) is 0 Å². The van der Waals surface area contributed by atoms with Crippen LogP contribution in [0.5, 0.6) is 0 Å². The molecule has 0 spiro atoms. The summed E-state index contributed by atoms with van der Waals surface area (Å²) in [6.45, 7) is 6.20. The molecule has 1 unspecified atom stereocenters. The van der Waals surface area contributed by atoms with Gasteiger partial charge in [-0.3, -0.25) is 14.4 Å². The van der Waals surface area contributed by atoms with Crippen LogP contribution in [0.25, 0.3) is 0 Å². The Labute approximate surface area is 176 Å². The number of ketones is 1. The Morgan fingerprint density at radius 1 is 1.31 bits per heavy atom. The standard InChI is InChI=1S/C22H32N2O4S/c1-4-7-17-19(16(25)13-28-17)24-20(26)15(12-22(3)10-5-6-11-22)23-21(27)18-9-8-14(2)29-18/h8-9,15,17,19H,4-7,10-13H2,1-3H3,(H,23,27)(H,24,26)/t15-,17?,19+/m0/s1. The van der Waals surface area contributed by atoms with E-state index in [9.17, 15) is 14.4 Å². The minimum absolute atomic E-state index is 0.0274. The maximum atomic E-state index is 13.2. The summed E-state index contributed by atoms with van der Waals surface area (Å²) >= 11 is 1.41. The first-order chi connectivity index (χ1) is 13.8. The van der Waals surface area contributed by atoms with Crippen molar-refractivity contribution >= 4 is 28.9 Å². The zero-order valence-electron chi connectivity index (χ0n) is 17.6. The molecule has 2 amide bonds. The summed E-state index contributed by atoms with van der Waals surface area (Å²) < 4.78 is 5.56. The molecule has 2 N–H and O–H groups in total. The molecule has 2 aliphatic rings. The van der Waals surface area contributed by atoms with E-state index in [0.717, 1.165) is 43.4 Å². The Balaban J connectivity index is 1.73. The largest absolute Gasteiger partial charge is 0.368 e. The molecule has 3 rings (SSSR count). The lowest BCUT2D eigenvalue weighted by Crippen LogP contribution is -2.54. The molecule has 160 valence electrons. The molecule has 3 atom stereocenters. The Morgan fingerprint density at radius 3 is 2.66 bits per heavy atom. The average Bonchev–Trinajstić information content (AvgIpc) is 3.38. The lowest BCUT2D eigenvalue weighted by molar-refractivity contribution is -0.128. The lowest BCUT2D eigenvalue weighted by Gasteiger charge is -2.30. The monoisotopic (exact) mass is 420 g/mol. The van der Waals surface area contributed by atoms with Crippen molar-refractivity contribution in [3.8, 4) is 0 Å². The van der Waals surface area contributed by atoms with E-state index in [2.05, 4.69) is 17.6 Å². The molecule has 0 bridgehead atoms. The minimum Gasteiger partial charge on any atom is -0.368 e. The third-order valence-electron chi connectivity index (χ3n) is 6.12. The first-order valence-electron chi connectivity index (χ1n) is 10.6. The highest BCUT2D eigenvalue weighted by Crippen LogP contribution is 2.41. The number of ether oxygens (including phenoxy) is 1. The van der Waals surface area contributed by atoms with Gasteiger partial charge in [0, 0.05) is 4.88 Å². The van der Waals surface area contributed by atoms with Gasteiger partial charge < -0.3 is 15.4 Å². The zero-order valence-corrected chi connectivity index (χ0v) is 18.4. The molecule has 1 aromatic rings. The lowest BCUT2D eigenvalue weighted by atomic mass is 9.81. The van der Waals surface area contributed by atoms with E-state index in [-0.39, 0.29) is 35.7 Å². The maximum absolute atomic E-state index is 13.2. The van der Waals surface area contributed by atoms with E-state index >= 15 is 0 Å². The van der Waals surface area contributed by atoms with E-state index in [1.54, 1.807) is 6.07 Å². The zero-order chi connectivity index (χ0) is 21.0. The predicted molar refractivity (Wildman–Crippen MR) is 113 cm³/mol. The van der Waals surface area contributed by atoms with Crippen molar-refractivity contribution in [3.05, 3.63) is 21.9 Å². The molecular formula is C22H32N2O4S. The quantitative estimate of drug-likeness (QED) is 0.675. The molecular weight excluding hydrogens is 388 g/mol. The molecule has 29 heavy (non-hydrogen) atoms. The van der Waals surface area contributed by atoms with Gasteiger partial charge in [0.1, 0.15) is 18.7 Å². The van der Waals surface area contributed by atoms with Crippen LogP contribution in [-0.4, -0.2) is 42.4 Å². The van der Waals surface area contributed by atoms with Gasteiger partial charge in [-0.1, -0.05) is 33.1 Å². The van der Waals surface area contributed by atoms with Crippen molar-refractivity contribution < 1.29 is 19.1 Å². The number of carbonyl (C=O) groups is 3. The SMILES string of the molecule is CCCC1OCC(=O)[C@H]1NC(=O)[C@H](CC1(C)CCCC1)NC(=O)c1ccc(C)s1. The fraction of sp³-hybridized carbons (Fsp3) is 0.682. The van der Waals surface area contributed by atoms with Gasteiger partial charge in [-0.2, -0.15) is 0 Å². The van der Waals surface area contributed by atoms with Crippen LogP contribution in [0.2, 0.25) is 0 Å². The van der Waals surface area contributed by atoms with Crippen molar-refractivity contribution in [3.63, 3.8) is 0 Å². The summed E-state index contributed by atoms with van der Waals surface area (Å²) in [5.74, 6) is -0.614. The van der Waals surface area contributed by atoms with E-state index in [1.807, 2.05) is 19.9 Å². The number of nitrogens with one attached hydrogen (secondary N) is 2. The van der Waals surface area contributed by atoms with Crippen molar-refractivity contribution in [2.24, 2.45) is 5.41 Å². The van der Waals surface area contributed by atoms with Gasteiger partial charge in [0.15, 0.2) is 5.78 Å². The fourth-order valence-corrected chi connectivity index (χ4v) is 5.24. The third kappa shape index (κ3) is 5.45. The first kappa shape index (κ1) is 22.0. The Hall–Kier alpha value is -1.73. The molecule has 2 fully saturated rings. The van der Waals surface area contributed by atoms with Crippen LogP contribution in [0, 0.1) is 12.3 Å². The summed E-state index contributed by atoms with van der Waals surface area (Å²) in [4.78, 5) is 39.8. The number of thiophene rings is 1. The number of hydrogen-bond donors (Lipinski definition) is 2. The molecule has 7 heteroatoms. The van der Waals surface area contributed by atoms with Gasteiger partial charge in [-0.05, 0) is 50.2 Å². The molecule has 1 saturated heterocycles. The van der Waals surface area contributed by atoms with E-state index in [0.29, 0.717) is 11.3 Å². The number of Topliss-reactive ketones (excluding diaryl/α,β-unsaturated/α-hetero) is 1. The molecule has 1 aromatic heterocycles. The van der Waals surface area contributed by atoms with E-state index in [1.165, 1.54) is 11.3 Å². The number of amides is 2. The molecule has 1 aliphatic heterocycles. The highest BCUT2D eigenvalue weighted by Gasteiger charge is 2.40. The highest BCUT2D eigenvalue weighted by atomic mass is 32.1. The Morgan fingerprint density at radius 2 is 2.03 bits per heavy atom. The second kappa shape index (κ2) is 9.39.